The Balaban J connectivity index is 1.97. The summed E-state index contributed by atoms with van der Waals surface area (Å²) in [4.78, 5) is 11.8. The van der Waals surface area contributed by atoms with E-state index in [0.29, 0.717) is 6.61 Å². The van der Waals surface area contributed by atoms with Gasteiger partial charge >= 0.3 is 0 Å². The van der Waals surface area contributed by atoms with Crippen molar-refractivity contribution in [1.29, 1.82) is 0 Å². The predicted molar refractivity (Wildman–Crippen MR) is 82.9 cm³/mol. The van der Waals surface area contributed by atoms with Gasteiger partial charge in [-0.2, -0.15) is 0 Å². The van der Waals surface area contributed by atoms with Gasteiger partial charge < -0.3 is 4.74 Å². The van der Waals surface area contributed by atoms with Crippen LogP contribution in [0.15, 0.2) is 66.7 Å². The molecule has 0 aromatic heterocycles. The first kappa shape index (κ1) is 15.0. The molecule has 4 nitrogen and oxygen atoms in total. The second-order valence-electron chi connectivity index (χ2n) is 4.45. The average molecular weight is 282 g/mol. The van der Waals surface area contributed by atoms with Gasteiger partial charge in [0.1, 0.15) is 0 Å². The van der Waals surface area contributed by atoms with E-state index in [1.165, 1.54) is 0 Å². The van der Waals surface area contributed by atoms with Crippen LogP contribution in [0.2, 0.25) is 0 Å². The molecule has 108 valence electrons. The van der Waals surface area contributed by atoms with Crippen LogP contribution in [0.25, 0.3) is 6.08 Å². The maximum absolute atomic E-state index is 11.8. The van der Waals surface area contributed by atoms with Crippen LogP contribution in [0.4, 0.5) is 0 Å². The zero-order valence-corrected chi connectivity index (χ0v) is 11.6. The molecule has 2 aromatic carbocycles. The molecule has 0 spiro atoms. The maximum Gasteiger partial charge on any atom is 0.267 e. The molecule has 1 atom stereocenters. The van der Waals surface area contributed by atoms with E-state index < -0.39 is 6.10 Å². The molecule has 0 saturated carbocycles. The number of nitrogens with one attached hydrogen (secondary N) is 1. The Hall–Kier alpha value is -2.43. The van der Waals surface area contributed by atoms with Crippen LogP contribution in [-0.2, 0) is 9.53 Å². The third-order valence-electron chi connectivity index (χ3n) is 2.95. The zero-order valence-electron chi connectivity index (χ0n) is 11.6. The smallest absolute Gasteiger partial charge is 0.267 e. The lowest BCUT2D eigenvalue weighted by Gasteiger charge is -2.15. The second kappa shape index (κ2) is 7.99. The van der Waals surface area contributed by atoms with E-state index >= 15 is 0 Å². The number of benzene rings is 2. The van der Waals surface area contributed by atoms with Gasteiger partial charge in [0.05, 0.1) is 6.61 Å². The van der Waals surface area contributed by atoms with Crippen molar-refractivity contribution in [2.45, 2.75) is 6.10 Å². The summed E-state index contributed by atoms with van der Waals surface area (Å²) in [5, 5.41) is 0. The molecule has 0 aliphatic rings. The van der Waals surface area contributed by atoms with E-state index in [9.17, 15) is 4.79 Å². The number of ether oxygens (including phenoxy) is 1. The van der Waals surface area contributed by atoms with Crippen molar-refractivity contribution >= 4 is 12.0 Å². The Morgan fingerprint density at radius 1 is 1.10 bits per heavy atom. The Labute approximate surface area is 124 Å². The topological polar surface area (TPSA) is 64.3 Å². The van der Waals surface area contributed by atoms with Gasteiger partial charge in [0.2, 0.25) is 0 Å². The summed E-state index contributed by atoms with van der Waals surface area (Å²) in [7, 11) is 0. The van der Waals surface area contributed by atoms with Crippen LogP contribution in [0.5, 0.6) is 0 Å². The van der Waals surface area contributed by atoms with E-state index in [-0.39, 0.29) is 5.91 Å². The van der Waals surface area contributed by atoms with Crippen LogP contribution >= 0.6 is 0 Å². The molecule has 2 aromatic rings. The second-order valence-corrected chi connectivity index (χ2v) is 4.45. The van der Waals surface area contributed by atoms with E-state index in [0.717, 1.165) is 11.1 Å². The summed E-state index contributed by atoms with van der Waals surface area (Å²) >= 11 is 0. The number of rotatable bonds is 6. The lowest BCUT2D eigenvalue weighted by atomic mass is 10.1. The minimum Gasteiger partial charge on any atom is -0.359 e. The van der Waals surface area contributed by atoms with Gasteiger partial charge in [0.15, 0.2) is 6.10 Å². The molecular formula is C17H18N2O2. The number of hydrazine groups is 1. The van der Waals surface area contributed by atoms with E-state index in [1.807, 2.05) is 72.8 Å². The van der Waals surface area contributed by atoms with Crippen molar-refractivity contribution in [3.8, 4) is 0 Å². The van der Waals surface area contributed by atoms with Gasteiger partial charge in [0, 0.05) is 0 Å². The average Bonchev–Trinajstić information content (AvgIpc) is 2.56. The summed E-state index contributed by atoms with van der Waals surface area (Å²) in [5.41, 5.74) is 3.99. The van der Waals surface area contributed by atoms with Gasteiger partial charge in [0.25, 0.3) is 5.91 Å². The number of hydrogen-bond acceptors (Lipinski definition) is 3. The summed E-state index contributed by atoms with van der Waals surface area (Å²) in [6, 6.07) is 19.2. The highest BCUT2D eigenvalue weighted by Crippen LogP contribution is 2.17. The molecule has 0 fully saturated rings. The van der Waals surface area contributed by atoms with Crippen molar-refractivity contribution in [2.75, 3.05) is 6.61 Å². The molecule has 0 saturated heterocycles. The quantitative estimate of drug-likeness (QED) is 0.486. The number of hydrogen-bond donors (Lipinski definition) is 2. The SMILES string of the molecule is NNC(=O)C(OCC=Cc1ccccc1)c1ccccc1. The van der Waals surface area contributed by atoms with Crippen molar-refractivity contribution in [2.24, 2.45) is 5.84 Å². The van der Waals surface area contributed by atoms with Crippen molar-refractivity contribution in [3.63, 3.8) is 0 Å². The fourth-order valence-corrected chi connectivity index (χ4v) is 1.93. The molecule has 2 rings (SSSR count). The molecule has 3 N–H and O–H groups in total. The van der Waals surface area contributed by atoms with Crippen LogP contribution in [0.3, 0.4) is 0 Å². The van der Waals surface area contributed by atoms with Crippen molar-refractivity contribution in [3.05, 3.63) is 77.9 Å². The molecule has 0 aliphatic carbocycles. The van der Waals surface area contributed by atoms with Crippen LogP contribution in [0.1, 0.15) is 17.2 Å². The molecular weight excluding hydrogens is 264 g/mol. The standard InChI is InChI=1S/C17H18N2O2/c18-19-17(20)16(15-11-5-2-6-12-15)21-13-7-10-14-8-3-1-4-9-14/h1-12,16H,13,18H2,(H,19,20). The predicted octanol–water partition coefficient (Wildman–Crippen LogP) is 2.45. The lowest BCUT2D eigenvalue weighted by molar-refractivity contribution is -0.132. The minimum absolute atomic E-state index is 0.321. The first-order valence-corrected chi connectivity index (χ1v) is 6.70. The Morgan fingerprint density at radius 3 is 2.33 bits per heavy atom. The summed E-state index contributed by atoms with van der Waals surface area (Å²) < 4.78 is 5.62. The first-order chi connectivity index (χ1) is 10.3. The minimum atomic E-state index is -0.711. The fourth-order valence-electron chi connectivity index (χ4n) is 1.93. The highest BCUT2D eigenvalue weighted by Gasteiger charge is 2.19. The molecule has 0 bridgehead atoms. The molecule has 1 unspecified atom stereocenters. The number of amides is 1. The highest BCUT2D eigenvalue weighted by molar-refractivity contribution is 5.81. The Morgan fingerprint density at radius 2 is 1.71 bits per heavy atom. The monoisotopic (exact) mass is 282 g/mol. The van der Waals surface area contributed by atoms with Gasteiger partial charge in [-0.25, -0.2) is 5.84 Å². The molecule has 0 heterocycles. The van der Waals surface area contributed by atoms with Gasteiger partial charge in [-0.1, -0.05) is 72.8 Å². The zero-order chi connectivity index (χ0) is 14.9. The van der Waals surface area contributed by atoms with E-state index in [4.69, 9.17) is 10.6 Å². The summed E-state index contributed by atoms with van der Waals surface area (Å²) in [6.07, 6.45) is 3.11. The highest BCUT2D eigenvalue weighted by atomic mass is 16.5. The van der Waals surface area contributed by atoms with Gasteiger partial charge in [-0.05, 0) is 11.1 Å². The third-order valence-corrected chi connectivity index (χ3v) is 2.95. The number of nitrogens with two attached hydrogens (primary N) is 1. The normalized spacial score (nSPS) is 12.2. The molecule has 4 heteroatoms. The molecule has 0 radical (unpaired) electrons. The first-order valence-electron chi connectivity index (χ1n) is 6.70. The van der Waals surface area contributed by atoms with Crippen molar-refractivity contribution in [1.82, 2.24) is 5.43 Å². The number of carbonyl (C=O) groups excluding carboxylic acids is 1. The Kier molecular flexibility index (Phi) is 5.70. The molecule has 21 heavy (non-hydrogen) atoms. The fraction of sp³-hybridized carbons (Fsp3) is 0.118. The summed E-state index contributed by atoms with van der Waals surface area (Å²) in [5.74, 6) is 4.84. The summed E-state index contributed by atoms with van der Waals surface area (Å²) in [6.45, 7) is 0.321. The number of carbonyl (C=O) groups is 1. The van der Waals surface area contributed by atoms with Gasteiger partial charge in [-0.3, -0.25) is 10.2 Å². The van der Waals surface area contributed by atoms with Crippen LogP contribution < -0.4 is 11.3 Å². The maximum atomic E-state index is 11.8. The van der Waals surface area contributed by atoms with Crippen LogP contribution in [0, 0.1) is 0 Å². The van der Waals surface area contributed by atoms with E-state index in [1.54, 1.807) is 0 Å². The van der Waals surface area contributed by atoms with Gasteiger partial charge in [-0.15, -0.1) is 0 Å². The molecule has 1 amide bonds. The lowest BCUT2D eigenvalue weighted by Crippen LogP contribution is -2.35. The van der Waals surface area contributed by atoms with Crippen molar-refractivity contribution < 1.29 is 9.53 Å². The Bertz CT molecular complexity index is 582. The van der Waals surface area contributed by atoms with Crippen LogP contribution in [-0.4, -0.2) is 12.5 Å². The largest absolute Gasteiger partial charge is 0.359 e. The van der Waals surface area contributed by atoms with E-state index in [2.05, 4.69) is 5.43 Å². The molecule has 0 aliphatic heterocycles. The third kappa shape index (κ3) is 4.56.